The molecule has 0 bridgehead atoms. The maximum absolute atomic E-state index is 11.6. The third-order valence-corrected chi connectivity index (χ3v) is 3.00. The van der Waals surface area contributed by atoms with E-state index in [0.717, 1.165) is 12.4 Å². The Morgan fingerprint density at radius 3 is 2.50 bits per heavy atom. The maximum atomic E-state index is 11.6. The number of anilines is 1. The summed E-state index contributed by atoms with van der Waals surface area (Å²) in [4.78, 5) is 15.9. The van der Waals surface area contributed by atoms with Gasteiger partial charge in [-0.3, -0.25) is 4.79 Å². The third kappa shape index (κ3) is 6.04. The van der Waals surface area contributed by atoms with Gasteiger partial charge in [-0.05, 0) is 23.0 Å². The molecule has 0 spiro atoms. The van der Waals surface area contributed by atoms with E-state index in [1.807, 2.05) is 12.3 Å². The van der Waals surface area contributed by atoms with Crippen molar-refractivity contribution in [1.29, 1.82) is 0 Å². The molecule has 0 saturated carbocycles. The minimum atomic E-state index is 0.0810. The first kappa shape index (κ1) is 16.5. The molecule has 0 aliphatic carbocycles. The monoisotopic (exact) mass is 277 g/mol. The van der Waals surface area contributed by atoms with E-state index < -0.39 is 0 Å². The van der Waals surface area contributed by atoms with Crippen LogP contribution >= 0.6 is 0 Å². The van der Waals surface area contributed by atoms with E-state index in [2.05, 4.69) is 56.3 Å². The predicted molar refractivity (Wildman–Crippen MR) is 83.9 cm³/mol. The van der Waals surface area contributed by atoms with Crippen LogP contribution in [0.15, 0.2) is 18.3 Å². The molecule has 1 aromatic rings. The van der Waals surface area contributed by atoms with Crippen LogP contribution in [-0.4, -0.2) is 24.0 Å². The maximum Gasteiger partial charge on any atom is 0.221 e. The molecule has 2 N–H and O–H groups in total. The summed E-state index contributed by atoms with van der Waals surface area (Å²) in [6.07, 6.45) is 2.36. The highest BCUT2D eigenvalue weighted by atomic mass is 16.1. The highest BCUT2D eigenvalue weighted by Gasteiger charge is 2.13. The van der Waals surface area contributed by atoms with E-state index in [1.165, 1.54) is 5.56 Å². The molecule has 0 radical (unpaired) electrons. The first-order valence-corrected chi connectivity index (χ1v) is 7.26. The largest absolute Gasteiger partial charge is 0.370 e. The van der Waals surface area contributed by atoms with Gasteiger partial charge in [-0.15, -0.1) is 0 Å². The number of nitrogens with zero attached hydrogens (tertiary/aromatic N) is 1. The molecule has 1 aromatic heterocycles. The number of carbonyl (C=O) groups excluding carboxylic acids is 1. The normalized spacial score (nSPS) is 11.5. The van der Waals surface area contributed by atoms with Crippen LogP contribution in [0.25, 0.3) is 0 Å². The van der Waals surface area contributed by atoms with Crippen LogP contribution in [-0.2, 0) is 10.2 Å². The Balaban J connectivity index is 2.34. The zero-order valence-corrected chi connectivity index (χ0v) is 13.3. The van der Waals surface area contributed by atoms with Crippen molar-refractivity contribution in [2.24, 2.45) is 5.92 Å². The standard InChI is InChI=1S/C16H27N3O/c1-12(2)10-19-15(20)8-9-17-14-7-6-13(11-18-14)16(3,4)5/h6-7,11-12H,8-10H2,1-5H3,(H,17,18)(H,19,20). The summed E-state index contributed by atoms with van der Waals surface area (Å²) in [6, 6.07) is 4.04. The van der Waals surface area contributed by atoms with Gasteiger partial charge in [-0.1, -0.05) is 40.7 Å². The van der Waals surface area contributed by atoms with Gasteiger partial charge in [-0.25, -0.2) is 4.98 Å². The van der Waals surface area contributed by atoms with Crippen LogP contribution in [0, 0.1) is 5.92 Å². The van der Waals surface area contributed by atoms with E-state index in [4.69, 9.17) is 0 Å². The van der Waals surface area contributed by atoms with Gasteiger partial charge >= 0.3 is 0 Å². The first-order valence-electron chi connectivity index (χ1n) is 7.26. The fourth-order valence-electron chi connectivity index (χ4n) is 1.65. The molecular formula is C16H27N3O. The van der Waals surface area contributed by atoms with Crippen molar-refractivity contribution in [1.82, 2.24) is 10.3 Å². The smallest absolute Gasteiger partial charge is 0.221 e. The minimum Gasteiger partial charge on any atom is -0.370 e. The average Bonchev–Trinajstić information content (AvgIpc) is 2.36. The quantitative estimate of drug-likeness (QED) is 0.840. The molecular weight excluding hydrogens is 250 g/mol. The molecule has 1 amide bonds. The summed E-state index contributed by atoms with van der Waals surface area (Å²) < 4.78 is 0. The van der Waals surface area contributed by atoms with Gasteiger partial charge in [0.25, 0.3) is 0 Å². The molecule has 1 rings (SSSR count). The number of rotatable bonds is 6. The second kappa shape index (κ2) is 7.27. The van der Waals surface area contributed by atoms with Crippen molar-refractivity contribution in [2.45, 2.75) is 46.5 Å². The molecule has 4 nitrogen and oxygen atoms in total. The molecule has 0 fully saturated rings. The number of hydrogen-bond donors (Lipinski definition) is 2. The molecule has 0 aromatic carbocycles. The Morgan fingerprint density at radius 1 is 1.30 bits per heavy atom. The fourth-order valence-corrected chi connectivity index (χ4v) is 1.65. The SMILES string of the molecule is CC(C)CNC(=O)CCNc1ccc(C(C)(C)C)cn1. The Labute approximate surface area is 122 Å². The molecule has 0 saturated heterocycles. The van der Waals surface area contributed by atoms with Crippen molar-refractivity contribution in [3.05, 3.63) is 23.9 Å². The predicted octanol–water partition coefficient (Wildman–Crippen LogP) is 2.95. The van der Waals surface area contributed by atoms with E-state index >= 15 is 0 Å². The lowest BCUT2D eigenvalue weighted by Crippen LogP contribution is -2.28. The zero-order chi connectivity index (χ0) is 15.2. The second-order valence-electron chi connectivity index (χ2n) is 6.56. The van der Waals surface area contributed by atoms with Crippen molar-refractivity contribution >= 4 is 11.7 Å². The third-order valence-electron chi connectivity index (χ3n) is 3.00. The minimum absolute atomic E-state index is 0.0810. The van der Waals surface area contributed by atoms with Crippen LogP contribution in [0.5, 0.6) is 0 Å². The summed E-state index contributed by atoms with van der Waals surface area (Å²) in [5.41, 5.74) is 1.32. The van der Waals surface area contributed by atoms with Crippen molar-refractivity contribution in [3.63, 3.8) is 0 Å². The van der Waals surface area contributed by atoms with Crippen molar-refractivity contribution in [2.75, 3.05) is 18.4 Å². The van der Waals surface area contributed by atoms with Gasteiger partial charge in [0.15, 0.2) is 0 Å². The number of amides is 1. The zero-order valence-electron chi connectivity index (χ0n) is 13.3. The number of aromatic nitrogens is 1. The van der Waals surface area contributed by atoms with E-state index in [9.17, 15) is 4.79 Å². The number of nitrogens with one attached hydrogen (secondary N) is 2. The lowest BCUT2D eigenvalue weighted by Gasteiger charge is -2.18. The molecule has 112 valence electrons. The second-order valence-corrected chi connectivity index (χ2v) is 6.56. The van der Waals surface area contributed by atoms with E-state index in [0.29, 0.717) is 18.9 Å². The van der Waals surface area contributed by atoms with Crippen molar-refractivity contribution < 1.29 is 4.79 Å². The Bertz CT molecular complexity index is 418. The highest BCUT2D eigenvalue weighted by molar-refractivity contribution is 5.76. The molecule has 20 heavy (non-hydrogen) atoms. The van der Waals surface area contributed by atoms with Crippen molar-refractivity contribution in [3.8, 4) is 0 Å². The number of pyridine rings is 1. The van der Waals surface area contributed by atoms with Gasteiger partial charge in [0.05, 0.1) is 0 Å². The Morgan fingerprint density at radius 2 is 2.00 bits per heavy atom. The molecule has 0 aliphatic heterocycles. The molecule has 0 aliphatic rings. The van der Waals surface area contributed by atoms with Gasteiger partial charge in [-0.2, -0.15) is 0 Å². The lowest BCUT2D eigenvalue weighted by molar-refractivity contribution is -0.120. The van der Waals surface area contributed by atoms with Gasteiger partial charge in [0.2, 0.25) is 5.91 Å². The van der Waals surface area contributed by atoms with Crippen LogP contribution in [0.1, 0.15) is 46.6 Å². The molecule has 0 unspecified atom stereocenters. The Hall–Kier alpha value is -1.58. The van der Waals surface area contributed by atoms with Gasteiger partial charge in [0, 0.05) is 25.7 Å². The summed E-state index contributed by atoms with van der Waals surface area (Å²) in [5, 5.41) is 6.07. The van der Waals surface area contributed by atoms with Crippen LogP contribution in [0.4, 0.5) is 5.82 Å². The molecule has 4 heteroatoms. The van der Waals surface area contributed by atoms with Crippen LogP contribution < -0.4 is 10.6 Å². The van der Waals surface area contributed by atoms with E-state index in [-0.39, 0.29) is 11.3 Å². The Kier molecular flexibility index (Phi) is 5.99. The summed E-state index contributed by atoms with van der Waals surface area (Å²) in [7, 11) is 0. The summed E-state index contributed by atoms with van der Waals surface area (Å²) in [6.45, 7) is 12.0. The topological polar surface area (TPSA) is 54.0 Å². The van der Waals surface area contributed by atoms with Crippen LogP contribution in [0.2, 0.25) is 0 Å². The summed E-state index contributed by atoms with van der Waals surface area (Å²) in [5.74, 6) is 1.38. The summed E-state index contributed by atoms with van der Waals surface area (Å²) >= 11 is 0. The number of carbonyl (C=O) groups is 1. The highest BCUT2D eigenvalue weighted by Crippen LogP contribution is 2.21. The number of hydrogen-bond acceptors (Lipinski definition) is 3. The van der Waals surface area contributed by atoms with Gasteiger partial charge < -0.3 is 10.6 Å². The van der Waals surface area contributed by atoms with Gasteiger partial charge in [0.1, 0.15) is 5.82 Å². The molecule has 0 atom stereocenters. The molecule has 1 heterocycles. The van der Waals surface area contributed by atoms with Crippen LogP contribution in [0.3, 0.4) is 0 Å². The average molecular weight is 277 g/mol. The lowest BCUT2D eigenvalue weighted by atomic mass is 9.88. The fraction of sp³-hybridized carbons (Fsp3) is 0.625. The first-order chi connectivity index (χ1) is 9.29. The van der Waals surface area contributed by atoms with E-state index in [1.54, 1.807) is 0 Å².